The van der Waals surface area contributed by atoms with Crippen LogP contribution in [0.25, 0.3) is 0 Å². The summed E-state index contributed by atoms with van der Waals surface area (Å²) >= 11 is 1.87. The minimum atomic E-state index is -0.494. The van der Waals surface area contributed by atoms with Crippen molar-refractivity contribution in [1.82, 2.24) is 5.32 Å². The zero-order valence-corrected chi connectivity index (χ0v) is 13.5. The minimum Gasteiger partial charge on any atom is -0.468 e. The van der Waals surface area contributed by atoms with Gasteiger partial charge >= 0.3 is 5.97 Å². The second-order valence-electron chi connectivity index (χ2n) is 5.55. The van der Waals surface area contributed by atoms with Crippen LogP contribution in [0.4, 0.5) is 0 Å². The second-order valence-corrected chi connectivity index (χ2v) is 6.93. The molecule has 110 valence electrons. The second kappa shape index (κ2) is 6.19. The Hall–Kier alpha value is -1.00. The number of benzene rings is 1. The molecule has 0 saturated heterocycles. The Morgan fingerprint density at radius 3 is 2.75 bits per heavy atom. The SMILES string of the molecule is CNC1(C(=O)OC)CCC(Sc2ccc(C)c(C)c2)C1. The van der Waals surface area contributed by atoms with Crippen LogP contribution >= 0.6 is 11.8 Å². The Balaban J connectivity index is 2.05. The van der Waals surface area contributed by atoms with Gasteiger partial charge in [0, 0.05) is 10.1 Å². The molecule has 0 spiro atoms. The Labute approximate surface area is 125 Å². The first-order valence-electron chi connectivity index (χ1n) is 7.02. The fraction of sp³-hybridized carbons (Fsp3) is 0.562. The van der Waals surface area contributed by atoms with Crippen molar-refractivity contribution in [1.29, 1.82) is 0 Å². The average molecular weight is 293 g/mol. The zero-order chi connectivity index (χ0) is 14.8. The number of methoxy groups -OCH3 is 1. The van der Waals surface area contributed by atoms with E-state index < -0.39 is 5.54 Å². The highest BCUT2D eigenvalue weighted by molar-refractivity contribution is 8.00. The maximum absolute atomic E-state index is 12.0. The molecule has 0 aliphatic heterocycles. The molecule has 3 nitrogen and oxygen atoms in total. The predicted molar refractivity (Wildman–Crippen MR) is 83.2 cm³/mol. The molecule has 4 heteroatoms. The van der Waals surface area contributed by atoms with Crippen LogP contribution in [0.3, 0.4) is 0 Å². The van der Waals surface area contributed by atoms with Gasteiger partial charge in [-0.25, -0.2) is 0 Å². The van der Waals surface area contributed by atoms with Gasteiger partial charge in [0.2, 0.25) is 0 Å². The number of aryl methyl sites for hydroxylation is 2. The van der Waals surface area contributed by atoms with Crippen molar-refractivity contribution in [2.45, 2.75) is 48.8 Å². The quantitative estimate of drug-likeness (QED) is 0.866. The van der Waals surface area contributed by atoms with E-state index in [4.69, 9.17) is 4.74 Å². The van der Waals surface area contributed by atoms with E-state index in [1.54, 1.807) is 0 Å². The first-order chi connectivity index (χ1) is 9.50. The highest BCUT2D eigenvalue weighted by Crippen LogP contribution is 2.41. The van der Waals surface area contributed by atoms with Crippen LogP contribution in [-0.2, 0) is 9.53 Å². The first kappa shape index (κ1) is 15.4. The summed E-state index contributed by atoms with van der Waals surface area (Å²) < 4.78 is 4.95. The molecule has 1 aromatic rings. The highest BCUT2D eigenvalue weighted by Gasteiger charge is 2.45. The summed E-state index contributed by atoms with van der Waals surface area (Å²) in [5, 5.41) is 3.64. The Kier molecular flexibility index (Phi) is 4.76. The van der Waals surface area contributed by atoms with E-state index in [9.17, 15) is 4.79 Å². The molecule has 1 aliphatic carbocycles. The minimum absolute atomic E-state index is 0.136. The molecule has 1 saturated carbocycles. The maximum Gasteiger partial charge on any atom is 0.326 e. The Morgan fingerprint density at radius 1 is 1.40 bits per heavy atom. The van der Waals surface area contributed by atoms with E-state index in [1.165, 1.54) is 23.1 Å². The molecule has 0 amide bonds. The van der Waals surface area contributed by atoms with Crippen LogP contribution in [0.5, 0.6) is 0 Å². The number of thioether (sulfide) groups is 1. The summed E-state index contributed by atoms with van der Waals surface area (Å²) in [6.07, 6.45) is 2.71. The van der Waals surface area contributed by atoms with Crippen molar-refractivity contribution in [3.05, 3.63) is 29.3 Å². The van der Waals surface area contributed by atoms with Crippen LogP contribution in [0.1, 0.15) is 30.4 Å². The number of hydrogen-bond acceptors (Lipinski definition) is 4. The standard InChI is InChI=1S/C16H23NO2S/c1-11-5-6-13(9-12(11)2)20-14-7-8-16(10-14,17-3)15(18)19-4/h5-6,9,14,17H,7-8,10H2,1-4H3. The van der Waals surface area contributed by atoms with Gasteiger partial charge in [-0.05, 0) is 63.4 Å². The van der Waals surface area contributed by atoms with Gasteiger partial charge in [-0.1, -0.05) is 6.07 Å². The fourth-order valence-corrected chi connectivity index (χ4v) is 4.17. The van der Waals surface area contributed by atoms with Gasteiger partial charge < -0.3 is 10.1 Å². The Morgan fingerprint density at radius 2 is 2.15 bits per heavy atom. The van der Waals surface area contributed by atoms with Gasteiger partial charge in [0.15, 0.2) is 0 Å². The topological polar surface area (TPSA) is 38.3 Å². The van der Waals surface area contributed by atoms with Crippen LogP contribution in [0.15, 0.2) is 23.1 Å². The van der Waals surface area contributed by atoms with Crippen molar-refractivity contribution in [2.24, 2.45) is 0 Å². The maximum atomic E-state index is 12.0. The average Bonchev–Trinajstić information content (AvgIpc) is 2.86. The van der Waals surface area contributed by atoms with Gasteiger partial charge in [-0.15, -0.1) is 11.8 Å². The third-order valence-corrected chi connectivity index (χ3v) is 5.57. The molecular formula is C16H23NO2S. The summed E-state index contributed by atoms with van der Waals surface area (Å²) in [6, 6.07) is 6.57. The molecule has 1 fully saturated rings. The molecule has 0 radical (unpaired) electrons. The van der Waals surface area contributed by atoms with Crippen molar-refractivity contribution >= 4 is 17.7 Å². The zero-order valence-electron chi connectivity index (χ0n) is 12.7. The van der Waals surface area contributed by atoms with Crippen molar-refractivity contribution in [3.63, 3.8) is 0 Å². The summed E-state index contributed by atoms with van der Waals surface area (Å²) in [6.45, 7) is 4.27. The predicted octanol–water partition coefficient (Wildman–Crippen LogP) is 3.08. The largest absolute Gasteiger partial charge is 0.468 e. The van der Waals surface area contributed by atoms with E-state index in [0.29, 0.717) is 5.25 Å². The summed E-state index contributed by atoms with van der Waals surface area (Å²) in [7, 11) is 3.31. The summed E-state index contributed by atoms with van der Waals surface area (Å²) in [5.74, 6) is -0.136. The summed E-state index contributed by atoms with van der Waals surface area (Å²) in [5.41, 5.74) is 2.15. The van der Waals surface area contributed by atoms with Gasteiger partial charge in [0.05, 0.1) is 7.11 Å². The first-order valence-corrected chi connectivity index (χ1v) is 7.90. The molecular weight excluding hydrogens is 270 g/mol. The van der Waals surface area contributed by atoms with Crippen LogP contribution in [0, 0.1) is 13.8 Å². The number of carbonyl (C=O) groups excluding carboxylic acids is 1. The van der Waals surface area contributed by atoms with Crippen molar-refractivity contribution < 1.29 is 9.53 Å². The van der Waals surface area contributed by atoms with E-state index >= 15 is 0 Å². The number of likely N-dealkylation sites (N-methyl/N-ethyl adjacent to an activating group) is 1. The van der Waals surface area contributed by atoms with Gasteiger partial charge in [0.1, 0.15) is 5.54 Å². The van der Waals surface area contributed by atoms with Crippen LogP contribution in [-0.4, -0.2) is 30.9 Å². The summed E-state index contributed by atoms with van der Waals surface area (Å²) in [4.78, 5) is 13.3. The van der Waals surface area contributed by atoms with E-state index in [0.717, 1.165) is 19.3 Å². The lowest BCUT2D eigenvalue weighted by Crippen LogP contribution is -2.49. The van der Waals surface area contributed by atoms with Gasteiger partial charge in [-0.2, -0.15) is 0 Å². The highest BCUT2D eigenvalue weighted by atomic mass is 32.2. The molecule has 0 aromatic heterocycles. The van der Waals surface area contributed by atoms with E-state index in [1.807, 2.05) is 18.8 Å². The van der Waals surface area contributed by atoms with Gasteiger partial charge in [-0.3, -0.25) is 4.79 Å². The molecule has 2 unspecified atom stereocenters. The number of ether oxygens (including phenoxy) is 1. The molecule has 20 heavy (non-hydrogen) atoms. The molecule has 1 aromatic carbocycles. The number of hydrogen-bond donors (Lipinski definition) is 1. The number of carbonyl (C=O) groups is 1. The van der Waals surface area contributed by atoms with Gasteiger partial charge in [0.25, 0.3) is 0 Å². The lowest BCUT2D eigenvalue weighted by Gasteiger charge is -2.25. The molecule has 2 atom stereocenters. The molecule has 1 aliphatic rings. The third-order valence-electron chi connectivity index (χ3n) is 4.31. The molecule has 2 rings (SSSR count). The smallest absolute Gasteiger partial charge is 0.326 e. The third kappa shape index (κ3) is 3.01. The number of rotatable bonds is 4. The Bertz CT molecular complexity index is 503. The fourth-order valence-electron chi connectivity index (χ4n) is 2.79. The van der Waals surface area contributed by atoms with E-state index in [2.05, 4.69) is 37.4 Å². The van der Waals surface area contributed by atoms with Crippen molar-refractivity contribution in [2.75, 3.05) is 14.2 Å². The lowest BCUT2D eigenvalue weighted by molar-refractivity contribution is -0.148. The number of esters is 1. The number of nitrogens with one attached hydrogen (secondary N) is 1. The van der Waals surface area contributed by atoms with Crippen LogP contribution < -0.4 is 5.32 Å². The molecule has 1 N–H and O–H groups in total. The van der Waals surface area contributed by atoms with Crippen LogP contribution in [0.2, 0.25) is 0 Å². The van der Waals surface area contributed by atoms with Crippen molar-refractivity contribution in [3.8, 4) is 0 Å². The van der Waals surface area contributed by atoms with E-state index in [-0.39, 0.29) is 5.97 Å². The molecule has 0 heterocycles. The monoisotopic (exact) mass is 293 g/mol. The molecule has 0 bridgehead atoms. The normalized spacial score (nSPS) is 25.7. The lowest BCUT2D eigenvalue weighted by atomic mass is 9.98.